The standard InChI is InChI=1S/C33H43N5O3/c1-33(2,3)41-32(39)34-24-15-19-37(20-16-24)25-11-12-28-27(21-25)31(36-30(35-28)23-9-10-23)38-17-13-22(14-18-38)26-7-5-6-8-29(26)40-4/h5-8,11-12,21-24H,9-10,13-20H2,1-4H3,(H,34,39). The largest absolute Gasteiger partial charge is 0.496 e. The minimum atomic E-state index is -0.487. The second-order valence-electron chi connectivity index (χ2n) is 12.8. The van der Waals surface area contributed by atoms with Crippen LogP contribution in [0.15, 0.2) is 42.5 Å². The molecule has 218 valence electrons. The van der Waals surface area contributed by atoms with E-state index in [2.05, 4.69) is 51.5 Å². The Kier molecular flexibility index (Phi) is 7.66. The molecule has 1 N–H and O–H groups in total. The number of rotatable bonds is 6. The molecule has 0 atom stereocenters. The van der Waals surface area contributed by atoms with Gasteiger partial charge in [0, 0.05) is 49.2 Å². The van der Waals surface area contributed by atoms with E-state index in [1.807, 2.05) is 26.8 Å². The monoisotopic (exact) mass is 557 g/mol. The highest BCUT2D eigenvalue weighted by Crippen LogP contribution is 2.42. The summed E-state index contributed by atoms with van der Waals surface area (Å²) in [5.74, 6) is 4.06. The maximum atomic E-state index is 12.3. The molecule has 0 radical (unpaired) electrons. The van der Waals surface area contributed by atoms with Crippen molar-refractivity contribution in [3.8, 4) is 5.75 Å². The molecule has 0 spiro atoms. The number of benzene rings is 2. The van der Waals surface area contributed by atoms with Gasteiger partial charge in [0.25, 0.3) is 0 Å². The van der Waals surface area contributed by atoms with Crippen molar-refractivity contribution in [1.29, 1.82) is 0 Å². The molecule has 8 nitrogen and oxygen atoms in total. The fourth-order valence-corrected chi connectivity index (χ4v) is 6.24. The van der Waals surface area contributed by atoms with Gasteiger partial charge in [-0.15, -0.1) is 0 Å². The highest BCUT2D eigenvalue weighted by atomic mass is 16.6. The molecule has 1 aromatic heterocycles. The number of para-hydroxylation sites is 1. The molecule has 2 aliphatic heterocycles. The van der Waals surface area contributed by atoms with E-state index >= 15 is 0 Å². The first kappa shape index (κ1) is 27.6. The fraction of sp³-hybridized carbons (Fsp3) is 0.545. The van der Waals surface area contributed by atoms with Crippen LogP contribution in [0, 0.1) is 0 Å². The maximum Gasteiger partial charge on any atom is 0.407 e. The van der Waals surface area contributed by atoms with Gasteiger partial charge in [0.2, 0.25) is 0 Å². The third-order valence-corrected chi connectivity index (χ3v) is 8.57. The summed E-state index contributed by atoms with van der Waals surface area (Å²) in [6, 6.07) is 15.2. The van der Waals surface area contributed by atoms with Crippen molar-refractivity contribution >= 4 is 28.5 Å². The Balaban J connectivity index is 1.18. The van der Waals surface area contributed by atoms with E-state index in [-0.39, 0.29) is 12.1 Å². The van der Waals surface area contributed by atoms with E-state index in [1.54, 1.807) is 7.11 Å². The third-order valence-electron chi connectivity index (χ3n) is 8.57. The van der Waals surface area contributed by atoms with E-state index in [1.165, 1.54) is 24.1 Å². The van der Waals surface area contributed by atoms with E-state index in [4.69, 9.17) is 19.4 Å². The number of aromatic nitrogens is 2. The predicted molar refractivity (Wildman–Crippen MR) is 163 cm³/mol. The molecular weight excluding hydrogens is 514 g/mol. The molecule has 2 saturated heterocycles. The van der Waals surface area contributed by atoms with Gasteiger partial charge in [0.15, 0.2) is 0 Å². The van der Waals surface area contributed by atoms with Crippen molar-refractivity contribution in [1.82, 2.24) is 15.3 Å². The molecular formula is C33H43N5O3. The Labute approximate surface area is 243 Å². The summed E-state index contributed by atoms with van der Waals surface area (Å²) < 4.78 is 11.1. The van der Waals surface area contributed by atoms with Crippen LogP contribution in [0.25, 0.3) is 10.9 Å². The zero-order valence-corrected chi connectivity index (χ0v) is 24.9. The summed E-state index contributed by atoms with van der Waals surface area (Å²) in [5.41, 5.74) is 3.06. The van der Waals surface area contributed by atoms with Crippen LogP contribution in [0.3, 0.4) is 0 Å². The molecule has 3 fully saturated rings. The minimum absolute atomic E-state index is 0.131. The molecule has 1 saturated carbocycles. The summed E-state index contributed by atoms with van der Waals surface area (Å²) in [6.45, 7) is 9.37. The summed E-state index contributed by atoms with van der Waals surface area (Å²) >= 11 is 0. The fourth-order valence-electron chi connectivity index (χ4n) is 6.24. The number of anilines is 2. The van der Waals surface area contributed by atoms with Gasteiger partial charge in [-0.05, 0) is 95.0 Å². The molecule has 0 unspecified atom stereocenters. The molecule has 3 heterocycles. The Bertz CT molecular complexity index is 1380. The highest BCUT2D eigenvalue weighted by molar-refractivity contribution is 5.92. The van der Waals surface area contributed by atoms with Gasteiger partial charge in [0.05, 0.1) is 12.6 Å². The van der Waals surface area contributed by atoms with Crippen LogP contribution in [-0.4, -0.2) is 61.0 Å². The molecule has 6 rings (SSSR count). The summed E-state index contributed by atoms with van der Waals surface area (Å²) in [7, 11) is 1.76. The lowest BCUT2D eigenvalue weighted by atomic mass is 9.88. The van der Waals surface area contributed by atoms with Gasteiger partial charge in [-0.2, -0.15) is 0 Å². The van der Waals surface area contributed by atoms with E-state index in [0.29, 0.717) is 11.8 Å². The molecule has 0 bridgehead atoms. The summed E-state index contributed by atoms with van der Waals surface area (Å²) in [5, 5.41) is 4.19. The number of alkyl carbamates (subject to hydrolysis) is 1. The zero-order valence-electron chi connectivity index (χ0n) is 24.9. The first-order valence-electron chi connectivity index (χ1n) is 15.2. The number of hydrogen-bond donors (Lipinski definition) is 1. The quantitative estimate of drug-likeness (QED) is 0.376. The maximum absolute atomic E-state index is 12.3. The average molecular weight is 558 g/mol. The van der Waals surface area contributed by atoms with Crippen molar-refractivity contribution in [2.75, 3.05) is 43.1 Å². The Morgan fingerprint density at radius 3 is 2.27 bits per heavy atom. The summed E-state index contributed by atoms with van der Waals surface area (Å²) in [6.07, 6.45) is 5.96. The smallest absolute Gasteiger partial charge is 0.407 e. The molecule has 8 heteroatoms. The Morgan fingerprint density at radius 1 is 0.878 bits per heavy atom. The van der Waals surface area contributed by atoms with Crippen LogP contribution in [-0.2, 0) is 4.74 Å². The van der Waals surface area contributed by atoms with Gasteiger partial charge >= 0.3 is 6.09 Å². The Morgan fingerprint density at radius 2 is 1.59 bits per heavy atom. The zero-order chi connectivity index (χ0) is 28.6. The minimum Gasteiger partial charge on any atom is -0.496 e. The van der Waals surface area contributed by atoms with Gasteiger partial charge in [-0.1, -0.05) is 18.2 Å². The lowest BCUT2D eigenvalue weighted by molar-refractivity contribution is 0.0497. The van der Waals surface area contributed by atoms with E-state index < -0.39 is 5.60 Å². The number of fused-ring (bicyclic) bond motifs is 1. The number of nitrogens with one attached hydrogen (secondary N) is 1. The van der Waals surface area contributed by atoms with Crippen LogP contribution < -0.4 is 19.9 Å². The predicted octanol–water partition coefficient (Wildman–Crippen LogP) is 6.39. The van der Waals surface area contributed by atoms with Crippen molar-refractivity contribution in [3.63, 3.8) is 0 Å². The van der Waals surface area contributed by atoms with Crippen LogP contribution in [0.2, 0.25) is 0 Å². The number of amides is 1. The molecule has 3 aromatic rings. The SMILES string of the molecule is COc1ccccc1C1CCN(c2nc(C3CC3)nc3ccc(N4CCC(NC(=O)OC(C)(C)C)CC4)cc23)CC1. The van der Waals surface area contributed by atoms with Crippen LogP contribution in [0.5, 0.6) is 5.75 Å². The average Bonchev–Trinajstić information content (AvgIpc) is 3.82. The third kappa shape index (κ3) is 6.36. The lowest BCUT2D eigenvalue weighted by Crippen LogP contribution is -2.46. The number of nitrogens with zero attached hydrogens (tertiary/aromatic N) is 4. The second-order valence-corrected chi connectivity index (χ2v) is 12.8. The topological polar surface area (TPSA) is 79.8 Å². The Hall–Kier alpha value is -3.55. The van der Waals surface area contributed by atoms with Crippen molar-refractivity contribution in [2.24, 2.45) is 0 Å². The van der Waals surface area contributed by atoms with Gasteiger partial charge in [0.1, 0.15) is 23.0 Å². The van der Waals surface area contributed by atoms with E-state index in [9.17, 15) is 4.79 Å². The second kappa shape index (κ2) is 11.4. The van der Waals surface area contributed by atoms with Crippen molar-refractivity contribution < 1.29 is 14.3 Å². The number of piperidine rings is 2. The molecule has 2 aromatic carbocycles. The van der Waals surface area contributed by atoms with Crippen molar-refractivity contribution in [3.05, 3.63) is 53.9 Å². The number of carbonyl (C=O) groups excluding carboxylic acids is 1. The lowest BCUT2D eigenvalue weighted by Gasteiger charge is -2.35. The van der Waals surface area contributed by atoms with Gasteiger partial charge in [-0.25, -0.2) is 14.8 Å². The van der Waals surface area contributed by atoms with Gasteiger partial charge < -0.3 is 24.6 Å². The first-order chi connectivity index (χ1) is 19.8. The van der Waals surface area contributed by atoms with E-state index in [0.717, 1.165) is 80.2 Å². The molecule has 1 aliphatic carbocycles. The normalized spacial score (nSPS) is 18.9. The highest BCUT2D eigenvalue weighted by Gasteiger charge is 2.31. The number of hydrogen-bond acceptors (Lipinski definition) is 7. The molecule has 3 aliphatic rings. The van der Waals surface area contributed by atoms with Crippen LogP contribution in [0.1, 0.15) is 82.5 Å². The summed E-state index contributed by atoms with van der Waals surface area (Å²) in [4.78, 5) is 27.3. The number of carbonyl (C=O) groups is 1. The number of ether oxygens (including phenoxy) is 2. The van der Waals surface area contributed by atoms with Crippen molar-refractivity contribution in [2.45, 2.75) is 82.8 Å². The van der Waals surface area contributed by atoms with Crippen LogP contribution in [0.4, 0.5) is 16.3 Å². The number of methoxy groups -OCH3 is 1. The van der Waals surface area contributed by atoms with Crippen LogP contribution >= 0.6 is 0 Å². The molecule has 41 heavy (non-hydrogen) atoms. The van der Waals surface area contributed by atoms with Gasteiger partial charge in [-0.3, -0.25) is 0 Å². The molecule has 1 amide bonds. The first-order valence-corrected chi connectivity index (χ1v) is 15.2.